The molecule has 1 aromatic carbocycles. The number of hydrogen-bond donors (Lipinski definition) is 2. The number of anilines is 1. The molecule has 0 bridgehead atoms. The van der Waals surface area contributed by atoms with Crippen LogP contribution in [0.25, 0.3) is 0 Å². The number of carbonyl (C=O) groups is 1. The third-order valence-corrected chi connectivity index (χ3v) is 4.93. The minimum Gasteiger partial charge on any atom is -0.330 e. The molecule has 0 spiro atoms. The molecule has 1 unspecified atom stereocenters. The number of halogens is 2. The molecule has 150 valence electrons. The van der Waals surface area contributed by atoms with E-state index in [1.807, 2.05) is 10.7 Å². The predicted octanol–water partition coefficient (Wildman–Crippen LogP) is 4.50. The van der Waals surface area contributed by atoms with E-state index in [1.165, 1.54) is 11.1 Å². The first-order chi connectivity index (χ1) is 12.3. The monoisotopic (exact) mass is 412 g/mol. The molecule has 0 fully saturated rings. The molecular weight excluding hydrogens is 383 g/mol. The van der Waals surface area contributed by atoms with Crippen molar-refractivity contribution in [2.24, 2.45) is 5.73 Å². The van der Waals surface area contributed by atoms with Crippen LogP contribution in [0, 0.1) is 0 Å². The van der Waals surface area contributed by atoms with Crippen LogP contribution in [0.2, 0.25) is 0 Å². The SMILES string of the molecule is Cl.Cl.NCCCCCCC(=O)Nc1ccnn1C1CCCc2ccccc21. The second-order valence-electron chi connectivity index (χ2n) is 6.77. The van der Waals surface area contributed by atoms with Crippen molar-refractivity contribution < 1.29 is 4.79 Å². The van der Waals surface area contributed by atoms with Crippen LogP contribution in [-0.2, 0) is 11.2 Å². The van der Waals surface area contributed by atoms with Crippen molar-refractivity contribution in [2.45, 2.75) is 57.4 Å². The van der Waals surface area contributed by atoms with Crippen LogP contribution in [0.4, 0.5) is 5.82 Å². The molecule has 3 N–H and O–H groups in total. The zero-order chi connectivity index (χ0) is 17.5. The van der Waals surface area contributed by atoms with Crippen molar-refractivity contribution in [1.29, 1.82) is 0 Å². The van der Waals surface area contributed by atoms with E-state index in [2.05, 4.69) is 34.7 Å². The van der Waals surface area contributed by atoms with Gasteiger partial charge in [0.1, 0.15) is 5.82 Å². The molecule has 7 heteroatoms. The molecule has 1 aromatic heterocycles. The fourth-order valence-electron chi connectivity index (χ4n) is 3.63. The number of nitrogens with one attached hydrogen (secondary N) is 1. The first-order valence-corrected chi connectivity index (χ1v) is 9.41. The van der Waals surface area contributed by atoms with E-state index in [-0.39, 0.29) is 36.8 Å². The number of fused-ring (bicyclic) bond motifs is 1. The summed E-state index contributed by atoms with van der Waals surface area (Å²) in [4.78, 5) is 12.2. The molecular formula is C20H30Cl2N4O. The lowest BCUT2D eigenvalue weighted by Gasteiger charge is -2.27. The molecule has 5 nitrogen and oxygen atoms in total. The maximum atomic E-state index is 12.2. The molecule has 2 aromatic rings. The van der Waals surface area contributed by atoms with Crippen molar-refractivity contribution in [3.8, 4) is 0 Å². The molecule has 0 aliphatic heterocycles. The van der Waals surface area contributed by atoms with Gasteiger partial charge in [-0.1, -0.05) is 37.1 Å². The molecule has 1 heterocycles. The Morgan fingerprint density at radius 2 is 1.93 bits per heavy atom. The number of unbranched alkanes of at least 4 members (excludes halogenated alkanes) is 3. The Hall–Kier alpha value is -1.56. The zero-order valence-corrected chi connectivity index (χ0v) is 17.2. The van der Waals surface area contributed by atoms with Gasteiger partial charge in [-0.25, -0.2) is 4.68 Å². The highest BCUT2D eigenvalue weighted by atomic mass is 35.5. The highest BCUT2D eigenvalue weighted by molar-refractivity contribution is 5.89. The van der Waals surface area contributed by atoms with Crippen LogP contribution in [0.3, 0.4) is 0 Å². The van der Waals surface area contributed by atoms with E-state index in [0.717, 1.165) is 57.3 Å². The van der Waals surface area contributed by atoms with E-state index in [4.69, 9.17) is 5.73 Å². The number of benzene rings is 1. The van der Waals surface area contributed by atoms with Crippen LogP contribution in [-0.4, -0.2) is 22.2 Å². The van der Waals surface area contributed by atoms with Gasteiger partial charge in [0.05, 0.1) is 12.2 Å². The third-order valence-electron chi connectivity index (χ3n) is 4.93. The standard InChI is InChI=1S/C20H28N4O.2ClH/c21-14-6-2-1-3-12-20(25)23-19-13-15-22-24(19)18-11-7-9-16-8-4-5-10-17(16)18;;/h4-5,8,10,13,15,18H,1-3,6-7,9,11-12,14,21H2,(H,23,25);2*1H. The number of hydrogen-bond acceptors (Lipinski definition) is 3. The van der Waals surface area contributed by atoms with Crippen molar-refractivity contribution in [1.82, 2.24) is 9.78 Å². The Bertz CT molecular complexity index is 705. The molecule has 1 atom stereocenters. The summed E-state index contributed by atoms with van der Waals surface area (Å²) in [5, 5.41) is 7.55. The number of aromatic nitrogens is 2. The highest BCUT2D eigenvalue weighted by Crippen LogP contribution is 2.34. The van der Waals surface area contributed by atoms with E-state index in [0.29, 0.717) is 6.42 Å². The summed E-state index contributed by atoms with van der Waals surface area (Å²) in [6, 6.07) is 10.7. The van der Waals surface area contributed by atoms with Gasteiger partial charge < -0.3 is 11.1 Å². The van der Waals surface area contributed by atoms with Gasteiger partial charge in [0.25, 0.3) is 0 Å². The average molecular weight is 413 g/mol. The number of rotatable bonds is 8. The summed E-state index contributed by atoms with van der Waals surface area (Å²) in [6.45, 7) is 0.730. The Balaban J connectivity index is 0.00000182. The van der Waals surface area contributed by atoms with E-state index in [9.17, 15) is 4.79 Å². The summed E-state index contributed by atoms with van der Waals surface area (Å²) in [6.07, 6.45) is 9.75. The molecule has 1 aliphatic carbocycles. The van der Waals surface area contributed by atoms with Crippen LogP contribution in [0.5, 0.6) is 0 Å². The van der Waals surface area contributed by atoms with Crippen molar-refractivity contribution in [3.05, 3.63) is 47.7 Å². The topological polar surface area (TPSA) is 72.9 Å². The van der Waals surface area contributed by atoms with E-state index in [1.54, 1.807) is 6.20 Å². The number of amides is 1. The highest BCUT2D eigenvalue weighted by Gasteiger charge is 2.24. The Kier molecular flexibility index (Phi) is 10.4. The summed E-state index contributed by atoms with van der Waals surface area (Å²) in [5.41, 5.74) is 8.22. The van der Waals surface area contributed by atoms with Crippen molar-refractivity contribution >= 4 is 36.5 Å². The summed E-state index contributed by atoms with van der Waals surface area (Å²) < 4.78 is 1.98. The fourth-order valence-corrected chi connectivity index (χ4v) is 3.63. The average Bonchev–Trinajstić information content (AvgIpc) is 3.09. The molecule has 3 rings (SSSR count). The summed E-state index contributed by atoms with van der Waals surface area (Å²) >= 11 is 0. The first kappa shape index (κ1) is 23.5. The smallest absolute Gasteiger partial charge is 0.225 e. The lowest BCUT2D eigenvalue weighted by molar-refractivity contribution is -0.116. The lowest BCUT2D eigenvalue weighted by atomic mass is 9.88. The first-order valence-electron chi connectivity index (χ1n) is 9.41. The van der Waals surface area contributed by atoms with Gasteiger partial charge in [0, 0.05) is 12.5 Å². The van der Waals surface area contributed by atoms with Gasteiger partial charge in [-0.15, -0.1) is 24.8 Å². The van der Waals surface area contributed by atoms with Crippen LogP contribution in [0.1, 0.15) is 62.1 Å². The molecule has 0 radical (unpaired) electrons. The van der Waals surface area contributed by atoms with Gasteiger partial charge >= 0.3 is 0 Å². The second-order valence-corrected chi connectivity index (χ2v) is 6.77. The number of aryl methyl sites for hydroxylation is 1. The minimum absolute atomic E-state index is 0. The number of nitrogens with zero attached hydrogens (tertiary/aromatic N) is 2. The van der Waals surface area contributed by atoms with E-state index < -0.39 is 0 Å². The maximum Gasteiger partial charge on any atom is 0.225 e. The van der Waals surface area contributed by atoms with Gasteiger partial charge in [-0.3, -0.25) is 4.79 Å². The molecule has 27 heavy (non-hydrogen) atoms. The minimum atomic E-state index is 0. The largest absolute Gasteiger partial charge is 0.330 e. The molecule has 0 saturated heterocycles. The van der Waals surface area contributed by atoms with Gasteiger partial charge in [0.2, 0.25) is 5.91 Å². The third kappa shape index (κ3) is 6.23. The van der Waals surface area contributed by atoms with Gasteiger partial charge in [-0.2, -0.15) is 5.10 Å². The predicted molar refractivity (Wildman–Crippen MR) is 115 cm³/mol. The summed E-state index contributed by atoms with van der Waals surface area (Å²) in [5.74, 6) is 0.868. The summed E-state index contributed by atoms with van der Waals surface area (Å²) in [7, 11) is 0. The lowest BCUT2D eigenvalue weighted by Crippen LogP contribution is -2.22. The van der Waals surface area contributed by atoms with Crippen molar-refractivity contribution in [2.75, 3.05) is 11.9 Å². The number of nitrogens with two attached hydrogens (primary N) is 1. The van der Waals surface area contributed by atoms with Crippen LogP contribution >= 0.6 is 24.8 Å². The molecule has 0 saturated carbocycles. The van der Waals surface area contributed by atoms with Gasteiger partial charge in [-0.05, 0) is 49.8 Å². The normalized spacial score (nSPS) is 15.2. The Labute approximate surface area is 173 Å². The maximum absolute atomic E-state index is 12.2. The second kappa shape index (κ2) is 12.0. The van der Waals surface area contributed by atoms with Crippen molar-refractivity contribution in [3.63, 3.8) is 0 Å². The quantitative estimate of drug-likeness (QED) is 0.626. The number of carbonyl (C=O) groups excluding carboxylic acids is 1. The fraction of sp³-hybridized carbons (Fsp3) is 0.500. The van der Waals surface area contributed by atoms with E-state index >= 15 is 0 Å². The Morgan fingerprint density at radius 3 is 2.74 bits per heavy atom. The zero-order valence-electron chi connectivity index (χ0n) is 15.6. The van der Waals surface area contributed by atoms with Crippen LogP contribution < -0.4 is 11.1 Å². The molecule has 1 amide bonds. The molecule has 1 aliphatic rings. The van der Waals surface area contributed by atoms with Gasteiger partial charge in [0.15, 0.2) is 0 Å². The Morgan fingerprint density at radius 1 is 1.15 bits per heavy atom. The van der Waals surface area contributed by atoms with Crippen LogP contribution in [0.15, 0.2) is 36.5 Å².